The third-order valence-corrected chi connectivity index (χ3v) is 3.76. The molecule has 1 aromatic rings. The Hall–Kier alpha value is -1.89. The molecule has 20 heavy (non-hydrogen) atoms. The summed E-state index contributed by atoms with van der Waals surface area (Å²) in [5.74, 6) is 0.156. The number of carbonyl (C=O) groups is 1. The molecule has 106 valence electrons. The molecule has 0 atom stereocenters. The molecule has 0 aromatic heterocycles. The zero-order valence-electron chi connectivity index (χ0n) is 11.4. The minimum absolute atomic E-state index is 0.0383. The summed E-state index contributed by atoms with van der Waals surface area (Å²) >= 11 is 1.60. The first kappa shape index (κ1) is 14.5. The molecule has 0 spiro atoms. The number of aliphatic imine (C=N–C) groups is 1. The second-order valence-electron chi connectivity index (χ2n) is 5.01. The van der Waals surface area contributed by atoms with E-state index in [1.54, 1.807) is 11.8 Å². The summed E-state index contributed by atoms with van der Waals surface area (Å²) in [7, 11) is 0. The molecule has 0 aliphatic carbocycles. The molecule has 0 amide bonds. The van der Waals surface area contributed by atoms with Crippen LogP contribution in [0.4, 0.5) is 5.69 Å². The summed E-state index contributed by atoms with van der Waals surface area (Å²) < 4.78 is 5.10. The second-order valence-corrected chi connectivity index (χ2v) is 5.87. The van der Waals surface area contributed by atoms with Crippen LogP contribution in [0.25, 0.3) is 0 Å². The number of hydrogen-bond acceptors (Lipinski definition) is 6. The zero-order chi connectivity index (χ0) is 14.9. The Morgan fingerprint density at radius 3 is 2.75 bits per heavy atom. The molecule has 1 aliphatic rings. The van der Waals surface area contributed by atoms with Crippen LogP contribution in [0, 0.1) is 10.1 Å². The van der Waals surface area contributed by atoms with E-state index in [1.165, 1.54) is 18.2 Å². The molecular weight excluding hydrogens is 280 g/mol. The van der Waals surface area contributed by atoms with Crippen molar-refractivity contribution >= 4 is 29.3 Å². The van der Waals surface area contributed by atoms with Crippen molar-refractivity contribution in [1.82, 2.24) is 0 Å². The molecule has 6 nitrogen and oxygen atoms in total. The lowest BCUT2D eigenvalue weighted by Crippen LogP contribution is -2.23. The fraction of sp³-hybridized carbons (Fsp3) is 0.385. The third kappa shape index (κ3) is 2.67. The van der Waals surface area contributed by atoms with Crippen molar-refractivity contribution in [3.63, 3.8) is 0 Å². The molecule has 0 saturated heterocycles. The fourth-order valence-electron chi connectivity index (χ4n) is 2.02. The van der Waals surface area contributed by atoms with Gasteiger partial charge in [0.05, 0.1) is 16.0 Å². The molecule has 0 fully saturated rings. The van der Waals surface area contributed by atoms with Crippen molar-refractivity contribution in [1.29, 1.82) is 0 Å². The van der Waals surface area contributed by atoms with Crippen LogP contribution >= 0.6 is 11.8 Å². The number of benzene rings is 1. The van der Waals surface area contributed by atoms with Gasteiger partial charge in [-0.1, -0.05) is 6.07 Å². The highest BCUT2D eigenvalue weighted by Gasteiger charge is 2.36. The maximum atomic E-state index is 11.8. The number of rotatable bonds is 4. The number of thioether (sulfide) groups is 1. The van der Waals surface area contributed by atoms with Gasteiger partial charge >= 0.3 is 5.97 Å². The van der Waals surface area contributed by atoms with Crippen LogP contribution in [-0.4, -0.2) is 34.3 Å². The summed E-state index contributed by atoms with van der Waals surface area (Å²) in [5.41, 5.74) is -0.262. The van der Waals surface area contributed by atoms with Gasteiger partial charge in [0, 0.05) is 11.8 Å². The summed E-state index contributed by atoms with van der Waals surface area (Å²) in [5, 5.41) is 11.1. The van der Waals surface area contributed by atoms with E-state index in [1.807, 2.05) is 20.1 Å². The molecule has 7 heteroatoms. The highest BCUT2D eigenvalue weighted by molar-refractivity contribution is 7.98. The van der Waals surface area contributed by atoms with Crippen molar-refractivity contribution in [3.05, 3.63) is 39.4 Å². The molecule has 1 aromatic carbocycles. The Balaban J connectivity index is 2.56. The lowest BCUT2D eigenvalue weighted by atomic mass is 10.1. The van der Waals surface area contributed by atoms with Crippen molar-refractivity contribution in [2.45, 2.75) is 19.4 Å². The smallest absolute Gasteiger partial charge is 0.345 e. The number of carbonyl (C=O) groups excluding carboxylic acids is 1. The van der Waals surface area contributed by atoms with E-state index in [0.29, 0.717) is 5.75 Å². The van der Waals surface area contributed by atoms with Gasteiger partial charge < -0.3 is 4.74 Å². The van der Waals surface area contributed by atoms with E-state index >= 15 is 0 Å². The van der Waals surface area contributed by atoms with Crippen molar-refractivity contribution in [2.75, 3.05) is 12.0 Å². The monoisotopic (exact) mass is 294 g/mol. The first-order chi connectivity index (χ1) is 9.35. The van der Waals surface area contributed by atoms with E-state index in [0.717, 1.165) is 0 Å². The SMILES string of the molecule is CSCC(C)(C)N=C1OC(=O)c2cccc([N+](=O)[O-])c21. The Labute approximate surface area is 120 Å². The zero-order valence-corrected chi connectivity index (χ0v) is 12.2. The molecule has 0 unspecified atom stereocenters. The number of nitrogens with zero attached hydrogens (tertiary/aromatic N) is 2. The van der Waals surface area contributed by atoms with Gasteiger partial charge in [-0.05, 0) is 26.2 Å². The van der Waals surface area contributed by atoms with Gasteiger partial charge in [-0.25, -0.2) is 9.79 Å². The molecule has 1 heterocycles. The summed E-state index contributed by atoms with van der Waals surface area (Å²) in [6, 6.07) is 4.32. The molecule has 0 bridgehead atoms. The van der Waals surface area contributed by atoms with Gasteiger partial charge in [0.25, 0.3) is 5.69 Å². The molecule has 1 aliphatic heterocycles. The Kier molecular flexibility index (Phi) is 3.80. The Bertz CT molecular complexity index is 610. The van der Waals surface area contributed by atoms with Crippen molar-refractivity contribution < 1.29 is 14.5 Å². The van der Waals surface area contributed by atoms with Gasteiger partial charge in [-0.2, -0.15) is 11.8 Å². The highest BCUT2D eigenvalue weighted by atomic mass is 32.2. The molecular formula is C13H14N2O4S. The quantitative estimate of drug-likeness (QED) is 0.484. The van der Waals surface area contributed by atoms with Crippen LogP contribution in [0.1, 0.15) is 29.8 Å². The van der Waals surface area contributed by atoms with Gasteiger partial charge in [-0.3, -0.25) is 10.1 Å². The number of nitro groups is 1. The van der Waals surface area contributed by atoms with Gasteiger partial charge in [0.2, 0.25) is 5.90 Å². The van der Waals surface area contributed by atoms with Crippen LogP contribution in [0.3, 0.4) is 0 Å². The Morgan fingerprint density at radius 2 is 2.15 bits per heavy atom. The first-order valence-electron chi connectivity index (χ1n) is 5.94. The van der Waals surface area contributed by atoms with E-state index in [2.05, 4.69) is 4.99 Å². The number of cyclic esters (lactones) is 1. The van der Waals surface area contributed by atoms with Crippen LogP contribution in [0.2, 0.25) is 0 Å². The number of esters is 1. The van der Waals surface area contributed by atoms with E-state index in [9.17, 15) is 14.9 Å². The van der Waals surface area contributed by atoms with Crippen LogP contribution in [0.15, 0.2) is 23.2 Å². The van der Waals surface area contributed by atoms with Gasteiger partial charge in [0.15, 0.2) is 0 Å². The normalized spacial score (nSPS) is 16.1. The number of hydrogen-bond donors (Lipinski definition) is 0. The van der Waals surface area contributed by atoms with Crippen LogP contribution < -0.4 is 0 Å². The number of fused-ring (bicyclic) bond motifs is 1. The molecule has 2 rings (SSSR count). The standard InChI is InChI=1S/C13H14N2O4S/c1-13(2,7-20-3)14-11-10-8(12(16)19-11)5-4-6-9(10)15(17)18/h4-6H,7H2,1-3H3. The largest absolute Gasteiger partial charge is 0.403 e. The lowest BCUT2D eigenvalue weighted by Gasteiger charge is -2.18. The minimum atomic E-state index is -0.595. The Morgan fingerprint density at radius 1 is 1.45 bits per heavy atom. The average Bonchev–Trinajstić information content (AvgIpc) is 2.65. The van der Waals surface area contributed by atoms with Crippen molar-refractivity contribution in [3.8, 4) is 0 Å². The lowest BCUT2D eigenvalue weighted by molar-refractivity contribution is -0.385. The topological polar surface area (TPSA) is 81.8 Å². The fourth-order valence-corrected chi connectivity index (χ4v) is 2.79. The van der Waals surface area contributed by atoms with E-state index < -0.39 is 16.4 Å². The first-order valence-corrected chi connectivity index (χ1v) is 7.34. The summed E-state index contributed by atoms with van der Waals surface area (Å²) in [4.78, 5) is 26.7. The minimum Gasteiger partial charge on any atom is -0.403 e. The van der Waals surface area contributed by atoms with Crippen LogP contribution in [-0.2, 0) is 4.74 Å². The predicted octanol–water partition coefficient (Wildman–Crippen LogP) is 2.65. The maximum Gasteiger partial charge on any atom is 0.345 e. The number of nitro benzene ring substituents is 1. The van der Waals surface area contributed by atoms with Gasteiger partial charge in [-0.15, -0.1) is 0 Å². The highest BCUT2D eigenvalue weighted by Crippen LogP contribution is 2.31. The third-order valence-electron chi connectivity index (χ3n) is 2.76. The molecule has 0 radical (unpaired) electrons. The average molecular weight is 294 g/mol. The van der Waals surface area contributed by atoms with Crippen molar-refractivity contribution in [2.24, 2.45) is 4.99 Å². The van der Waals surface area contributed by atoms with Gasteiger partial charge in [0.1, 0.15) is 5.56 Å². The molecule has 0 saturated carbocycles. The van der Waals surface area contributed by atoms with E-state index in [4.69, 9.17) is 4.74 Å². The second kappa shape index (κ2) is 5.24. The predicted molar refractivity (Wildman–Crippen MR) is 77.5 cm³/mol. The summed E-state index contributed by atoms with van der Waals surface area (Å²) in [6.45, 7) is 3.77. The number of ether oxygens (including phenoxy) is 1. The summed E-state index contributed by atoms with van der Waals surface area (Å²) in [6.07, 6.45) is 1.94. The maximum absolute atomic E-state index is 11.8. The van der Waals surface area contributed by atoms with Crippen LogP contribution in [0.5, 0.6) is 0 Å². The van der Waals surface area contributed by atoms with E-state index in [-0.39, 0.29) is 22.7 Å². The molecule has 0 N–H and O–H groups in total.